The summed E-state index contributed by atoms with van der Waals surface area (Å²) in [4.78, 5) is 14.9. The molecule has 94 valence electrons. The molecule has 1 aromatic carbocycles. The molecule has 0 fully saturated rings. The summed E-state index contributed by atoms with van der Waals surface area (Å²) in [5.41, 5.74) is 7.00. The van der Waals surface area contributed by atoms with E-state index in [2.05, 4.69) is 10.3 Å². The SMILES string of the molecule is NC(=O)Cc1ccc(NCc2ncc(Cl)s2)cc1. The Labute approximate surface area is 114 Å². The predicted molar refractivity (Wildman–Crippen MR) is 73.8 cm³/mol. The summed E-state index contributed by atoms with van der Waals surface area (Å²) in [5, 5.41) is 4.16. The molecule has 1 amide bonds. The summed E-state index contributed by atoms with van der Waals surface area (Å²) in [5.74, 6) is -0.326. The van der Waals surface area contributed by atoms with Gasteiger partial charge >= 0.3 is 0 Å². The number of rotatable bonds is 5. The van der Waals surface area contributed by atoms with Crippen LogP contribution >= 0.6 is 22.9 Å². The Morgan fingerprint density at radius 2 is 2.11 bits per heavy atom. The van der Waals surface area contributed by atoms with Crippen molar-refractivity contribution in [2.45, 2.75) is 13.0 Å². The molecule has 0 saturated carbocycles. The molecule has 18 heavy (non-hydrogen) atoms. The Balaban J connectivity index is 1.92. The van der Waals surface area contributed by atoms with Gasteiger partial charge in [0.15, 0.2) is 0 Å². The second-order valence-electron chi connectivity index (χ2n) is 3.75. The standard InChI is InChI=1S/C12H12ClN3OS/c13-10-6-16-12(18-10)7-15-9-3-1-8(2-4-9)5-11(14)17/h1-4,6,15H,5,7H2,(H2,14,17). The number of primary amides is 1. The van der Waals surface area contributed by atoms with Gasteiger partial charge in [0.25, 0.3) is 0 Å². The van der Waals surface area contributed by atoms with Gasteiger partial charge in [-0.15, -0.1) is 11.3 Å². The van der Waals surface area contributed by atoms with Gasteiger partial charge in [0.05, 0.1) is 19.2 Å². The van der Waals surface area contributed by atoms with Crippen LogP contribution in [0.5, 0.6) is 0 Å². The van der Waals surface area contributed by atoms with Gasteiger partial charge in [-0.3, -0.25) is 4.79 Å². The molecule has 0 radical (unpaired) electrons. The number of thiazole rings is 1. The number of nitrogens with zero attached hydrogens (tertiary/aromatic N) is 1. The molecule has 6 heteroatoms. The zero-order valence-corrected chi connectivity index (χ0v) is 11.1. The van der Waals surface area contributed by atoms with Crippen molar-refractivity contribution in [2.75, 3.05) is 5.32 Å². The highest BCUT2D eigenvalue weighted by Gasteiger charge is 2.01. The van der Waals surface area contributed by atoms with Crippen molar-refractivity contribution in [1.82, 2.24) is 4.98 Å². The maximum Gasteiger partial charge on any atom is 0.221 e. The molecule has 0 aliphatic carbocycles. The summed E-state index contributed by atoms with van der Waals surface area (Å²) in [7, 11) is 0. The molecule has 0 unspecified atom stereocenters. The van der Waals surface area contributed by atoms with E-state index in [1.54, 1.807) is 6.20 Å². The molecule has 1 heterocycles. The van der Waals surface area contributed by atoms with Gasteiger partial charge in [-0.1, -0.05) is 23.7 Å². The number of anilines is 1. The van der Waals surface area contributed by atoms with Crippen LogP contribution in [0.25, 0.3) is 0 Å². The monoisotopic (exact) mass is 281 g/mol. The lowest BCUT2D eigenvalue weighted by molar-refractivity contribution is -0.117. The van der Waals surface area contributed by atoms with E-state index in [-0.39, 0.29) is 12.3 Å². The van der Waals surface area contributed by atoms with E-state index in [0.29, 0.717) is 10.9 Å². The molecule has 0 atom stereocenters. The molecule has 2 aromatic rings. The second kappa shape index (κ2) is 5.84. The molecular weight excluding hydrogens is 270 g/mol. The van der Waals surface area contributed by atoms with E-state index in [0.717, 1.165) is 16.3 Å². The number of hydrogen-bond donors (Lipinski definition) is 2. The third kappa shape index (κ3) is 3.72. The van der Waals surface area contributed by atoms with Gasteiger partial charge in [-0.2, -0.15) is 0 Å². The largest absolute Gasteiger partial charge is 0.379 e. The number of benzene rings is 1. The zero-order valence-electron chi connectivity index (χ0n) is 9.52. The molecule has 0 aliphatic rings. The van der Waals surface area contributed by atoms with Crippen LogP contribution in [-0.4, -0.2) is 10.9 Å². The van der Waals surface area contributed by atoms with Gasteiger partial charge in [0.1, 0.15) is 9.34 Å². The fraction of sp³-hybridized carbons (Fsp3) is 0.167. The third-order valence-corrected chi connectivity index (χ3v) is 3.42. The molecular formula is C12H12ClN3OS. The Bertz CT molecular complexity index is 539. The summed E-state index contributed by atoms with van der Waals surface area (Å²) in [6.45, 7) is 0.632. The number of carbonyl (C=O) groups excluding carboxylic acids is 1. The Morgan fingerprint density at radius 3 is 2.67 bits per heavy atom. The molecule has 0 aliphatic heterocycles. The zero-order chi connectivity index (χ0) is 13.0. The van der Waals surface area contributed by atoms with E-state index in [9.17, 15) is 4.79 Å². The quantitative estimate of drug-likeness (QED) is 0.884. The Morgan fingerprint density at radius 1 is 1.39 bits per heavy atom. The van der Waals surface area contributed by atoms with Crippen molar-refractivity contribution >= 4 is 34.5 Å². The van der Waals surface area contributed by atoms with E-state index < -0.39 is 0 Å². The molecule has 3 N–H and O–H groups in total. The molecule has 2 rings (SSSR count). The van der Waals surface area contributed by atoms with Crippen LogP contribution in [0.4, 0.5) is 5.69 Å². The predicted octanol–water partition coefficient (Wildman–Crippen LogP) is 2.44. The van der Waals surface area contributed by atoms with Crippen molar-refractivity contribution < 1.29 is 4.79 Å². The smallest absolute Gasteiger partial charge is 0.221 e. The Hall–Kier alpha value is -1.59. The van der Waals surface area contributed by atoms with Crippen LogP contribution in [0, 0.1) is 0 Å². The van der Waals surface area contributed by atoms with E-state index >= 15 is 0 Å². The first-order valence-electron chi connectivity index (χ1n) is 5.35. The normalized spacial score (nSPS) is 10.3. The lowest BCUT2D eigenvalue weighted by Gasteiger charge is -2.05. The minimum Gasteiger partial charge on any atom is -0.379 e. The van der Waals surface area contributed by atoms with Crippen LogP contribution < -0.4 is 11.1 Å². The van der Waals surface area contributed by atoms with Crippen LogP contribution in [0.1, 0.15) is 10.6 Å². The first kappa shape index (κ1) is 12.9. The number of aromatic nitrogens is 1. The minimum absolute atomic E-state index is 0.266. The van der Waals surface area contributed by atoms with Gasteiger partial charge in [-0.25, -0.2) is 4.98 Å². The first-order chi connectivity index (χ1) is 8.63. The average Bonchev–Trinajstić information content (AvgIpc) is 2.74. The van der Waals surface area contributed by atoms with Crippen LogP contribution in [0.3, 0.4) is 0 Å². The summed E-state index contributed by atoms with van der Waals surface area (Å²) in [6.07, 6.45) is 1.90. The van der Waals surface area contributed by atoms with Crippen LogP contribution in [0.2, 0.25) is 4.34 Å². The molecule has 0 spiro atoms. The highest BCUT2D eigenvalue weighted by atomic mass is 35.5. The fourth-order valence-electron chi connectivity index (χ4n) is 1.49. The molecule has 1 aromatic heterocycles. The number of hydrogen-bond acceptors (Lipinski definition) is 4. The van der Waals surface area contributed by atoms with E-state index in [4.69, 9.17) is 17.3 Å². The lowest BCUT2D eigenvalue weighted by Crippen LogP contribution is -2.13. The highest BCUT2D eigenvalue weighted by molar-refractivity contribution is 7.15. The number of amides is 1. The summed E-state index contributed by atoms with van der Waals surface area (Å²) < 4.78 is 0.684. The molecule has 0 bridgehead atoms. The maximum atomic E-state index is 10.8. The van der Waals surface area contributed by atoms with Crippen LogP contribution in [-0.2, 0) is 17.8 Å². The van der Waals surface area contributed by atoms with Crippen molar-refractivity contribution in [3.63, 3.8) is 0 Å². The topological polar surface area (TPSA) is 68.0 Å². The molecule has 0 saturated heterocycles. The summed E-state index contributed by atoms with van der Waals surface area (Å²) in [6, 6.07) is 7.57. The average molecular weight is 282 g/mol. The van der Waals surface area contributed by atoms with Gasteiger partial charge in [0, 0.05) is 5.69 Å². The second-order valence-corrected chi connectivity index (χ2v) is 5.50. The Kier molecular flexibility index (Phi) is 4.17. The number of nitrogens with one attached hydrogen (secondary N) is 1. The van der Waals surface area contributed by atoms with Crippen molar-refractivity contribution in [2.24, 2.45) is 5.73 Å². The number of nitrogens with two attached hydrogens (primary N) is 1. The first-order valence-corrected chi connectivity index (χ1v) is 6.54. The van der Waals surface area contributed by atoms with E-state index in [1.807, 2.05) is 24.3 Å². The number of carbonyl (C=O) groups is 1. The van der Waals surface area contributed by atoms with Gasteiger partial charge < -0.3 is 11.1 Å². The third-order valence-electron chi connectivity index (χ3n) is 2.30. The van der Waals surface area contributed by atoms with Crippen molar-refractivity contribution in [3.8, 4) is 0 Å². The fourth-order valence-corrected chi connectivity index (χ4v) is 2.39. The van der Waals surface area contributed by atoms with Crippen molar-refractivity contribution in [1.29, 1.82) is 0 Å². The maximum absolute atomic E-state index is 10.8. The highest BCUT2D eigenvalue weighted by Crippen LogP contribution is 2.19. The summed E-state index contributed by atoms with van der Waals surface area (Å²) >= 11 is 7.25. The van der Waals surface area contributed by atoms with Crippen molar-refractivity contribution in [3.05, 3.63) is 45.4 Å². The number of halogens is 1. The van der Waals surface area contributed by atoms with Crippen LogP contribution in [0.15, 0.2) is 30.5 Å². The van der Waals surface area contributed by atoms with E-state index in [1.165, 1.54) is 11.3 Å². The minimum atomic E-state index is -0.326. The van der Waals surface area contributed by atoms with Gasteiger partial charge in [-0.05, 0) is 17.7 Å². The molecule has 4 nitrogen and oxygen atoms in total. The van der Waals surface area contributed by atoms with Gasteiger partial charge in [0.2, 0.25) is 5.91 Å². The lowest BCUT2D eigenvalue weighted by atomic mass is 10.1.